The van der Waals surface area contributed by atoms with Crippen LogP contribution in [0.5, 0.6) is 0 Å². The van der Waals surface area contributed by atoms with Gasteiger partial charge >= 0.3 is 0 Å². The summed E-state index contributed by atoms with van der Waals surface area (Å²) in [6, 6.07) is 28.0. The summed E-state index contributed by atoms with van der Waals surface area (Å²) in [6.07, 6.45) is 2.27. The molecular formula is C33H32N8. The SMILES string of the molecule is CN=[N+]=[N-].[C-]#[N+]c1cccc(-c2cc(C)cc(CCC)c2)c1.[C-]#[N+]c1cccc(-c2cc(C)cc(CN=[N+]=[N-])c2)c1. The number of nitrogens with zero attached hydrogens (tertiary/aromatic N) is 8. The summed E-state index contributed by atoms with van der Waals surface area (Å²) < 4.78 is 0. The smallest absolute Gasteiger partial charge is 0.187 e. The van der Waals surface area contributed by atoms with Crippen molar-refractivity contribution in [2.45, 2.75) is 40.2 Å². The molecule has 8 heteroatoms. The first-order valence-corrected chi connectivity index (χ1v) is 13.0. The van der Waals surface area contributed by atoms with Crippen molar-refractivity contribution in [3.8, 4) is 22.3 Å². The Bertz CT molecular complexity index is 1650. The third-order valence-electron chi connectivity index (χ3n) is 5.84. The van der Waals surface area contributed by atoms with Gasteiger partial charge in [0.1, 0.15) is 0 Å². The van der Waals surface area contributed by atoms with Gasteiger partial charge in [-0.05, 0) is 76.8 Å². The van der Waals surface area contributed by atoms with E-state index in [1.807, 2.05) is 55.5 Å². The molecule has 204 valence electrons. The van der Waals surface area contributed by atoms with E-state index in [-0.39, 0.29) is 0 Å². The minimum atomic E-state index is 0.341. The van der Waals surface area contributed by atoms with Gasteiger partial charge in [-0.2, -0.15) is 0 Å². The van der Waals surface area contributed by atoms with Gasteiger partial charge < -0.3 is 0 Å². The Morgan fingerprint density at radius 3 is 1.59 bits per heavy atom. The molecule has 0 saturated heterocycles. The molecule has 4 aromatic carbocycles. The van der Waals surface area contributed by atoms with Gasteiger partial charge in [-0.25, -0.2) is 9.69 Å². The van der Waals surface area contributed by atoms with Crippen LogP contribution in [0.3, 0.4) is 0 Å². The molecule has 0 fully saturated rings. The number of hydrogen-bond acceptors (Lipinski definition) is 2. The zero-order chi connectivity index (χ0) is 30.0. The Morgan fingerprint density at radius 2 is 1.15 bits per heavy atom. The first-order chi connectivity index (χ1) is 19.9. The number of rotatable bonds is 6. The Kier molecular flexibility index (Phi) is 13.3. The molecule has 0 aliphatic carbocycles. The van der Waals surface area contributed by atoms with Crippen LogP contribution in [0, 0.1) is 27.0 Å². The van der Waals surface area contributed by atoms with Gasteiger partial charge in [-0.3, -0.25) is 0 Å². The number of aryl methyl sites for hydroxylation is 3. The van der Waals surface area contributed by atoms with Crippen molar-refractivity contribution < 1.29 is 0 Å². The normalized spacial score (nSPS) is 9.22. The van der Waals surface area contributed by atoms with E-state index >= 15 is 0 Å². The van der Waals surface area contributed by atoms with E-state index in [0.29, 0.717) is 17.9 Å². The Morgan fingerprint density at radius 1 is 0.659 bits per heavy atom. The third kappa shape index (κ3) is 10.6. The van der Waals surface area contributed by atoms with E-state index in [1.165, 1.54) is 23.7 Å². The maximum atomic E-state index is 8.38. The summed E-state index contributed by atoms with van der Waals surface area (Å²) in [6.45, 7) is 20.8. The van der Waals surface area contributed by atoms with Gasteiger partial charge in [0, 0.05) is 16.9 Å². The zero-order valence-corrected chi connectivity index (χ0v) is 23.8. The van der Waals surface area contributed by atoms with Crippen molar-refractivity contribution in [2.75, 3.05) is 7.05 Å². The Balaban J connectivity index is 0.000000254. The largest absolute Gasteiger partial charge is 0.238 e. The Hall–Kier alpha value is -5.52. The number of hydrogen-bond donors (Lipinski definition) is 0. The third-order valence-corrected chi connectivity index (χ3v) is 5.84. The van der Waals surface area contributed by atoms with Crippen LogP contribution in [0.1, 0.15) is 35.6 Å². The van der Waals surface area contributed by atoms with Crippen molar-refractivity contribution in [3.63, 3.8) is 0 Å². The van der Waals surface area contributed by atoms with Crippen molar-refractivity contribution in [1.82, 2.24) is 0 Å². The summed E-state index contributed by atoms with van der Waals surface area (Å²) in [7, 11) is 1.39. The highest BCUT2D eigenvalue weighted by atomic mass is 15.1. The van der Waals surface area contributed by atoms with E-state index in [9.17, 15) is 0 Å². The molecule has 0 aliphatic rings. The molecule has 0 amide bonds. The van der Waals surface area contributed by atoms with E-state index in [0.717, 1.165) is 40.7 Å². The molecular weight excluding hydrogens is 508 g/mol. The van der Waals surface area contributed by atoms with Crippen LogP contribution in [0.15, 0.2) is 95.2 Å². The van der Waals surface area contributed by atoms with Crippen LogP contribution in [0.2, 0.25) is 0 Å². The lowest BCUT2D eigenvalue weighted by molar-refractivity contribution is 0.920. The van der Waals surface area contributed by atoms with Gasteiger partial charge in [-0.15, -0.1) is 0 Å². The molecule has 0 aromatic heterocycles. The molecule has 0 heterocycles. The molecule has 8 nitrogen and oxygen atoms in total. The fourth-order valence-electron chi connectivity index (χ4n) is 4.21. The molecule has 4 rings (SSSR count). The van der Waals surface area contributed by atoms with Gasteiger partial charge in [0.05, 0.1) is 19.7 Å². The standard InChI is InChI=1S/C17H17N.C15H12N4.CH3N3/c1-4-6-14-9-13(2)10-16(11-14)15-7-5-8-17(12-15)18-3;1-11-6-12(10-18-19-16)8-14(7-11)13-4-3-5-15(9-13)17-2;1-3-4-2/h5,7-12H,4,6H2,1-2H3;3-9H,10H2,1H3;1H3. The van der Waals surface area contributed by atoms with E-state index < -0.39 is 0 Å². The van der Waals surface area contributed by atoms with Crippen molar-refractivity contribution >= 4 is 11.4 Å². The summed E-state index contributed by atoms with van der Waals surface area (Å²) in [5, 5.41) is 6.50. The van der Waals surface area contributed by atoms with Crippen molar-refractivity contribution in [2.24, 2.45) is 10.2 Å². The number of benzene rings is 4. The molecule has 0 radical (unpaired) electrons. The molecule has 0 aliphatic heterocycles. The topological polar surface area (TPSA) is 106 Å². The summed E-state index contributed by atoms with van der Waals surface area (Å²) in [5.74, 6) is 0. The van der Waals surface area contributed by atoms with Gasteiger partial charge in [0.2, 0.25) is 0 Å². The van der Waals surface area contributed by atoms with Crippen LogP contribution in [-0.2, 0) is 13.0 Å². The molecule has 41 heavy (non-hydrogen) atoms. The molecule has 4 aromatic rings. The fraction of sp³-hybridized carbons (Fsp3) is 0.212. The monoisotopic (exact) mass is 540 g/mol. The van der Waals surface area contributed by atoms with Crippen molar-refractivity contribution in [1.29, 1.82) is 0 Å². The average molecular weight is 541 g/mol. The molecule has 0 bridgehead atoms. The molecule has 0 N–H and O–H groups in total. The summed E-state index contributed by atoms with van der Waals surface area (Å²) in [4.78, 5) is 12.1. The minimum absolute atomic E-state index is 0.341. The minimum Gasteiger partial charge on any atom is -0.238 e. The van der Waals surface area contributed by atoms with Gasteiger partial charge in [-0.1, -0.05) is 107 Å². The zero-order valence-electron chi connectivity index (χ0n) is 23.8. The van der Waals surface area contributed by atoms with Crippen LogP contribution in [0.4, 0.5) is 11.4 Å². The van der Waals surface area contributed by atoms with E-state index in [4.69, 9.17) is 24.2 Å². The van der Waals surface area contributed by atoms with E-state index in [1.54, 1.807) is 6.07 Å². The van der Waals surface area contributed by atoms with Gasteiger partial charge in [0.15, 0.2) is 11.4 Å². The molecule has 0 atom stereocenters. The predicted molar refractivity (Wildman–Crippen MR) is 168 cm³/mol. The maximum absolute atomic E-state index is 8.38. The van der Waals surface area contributed by atoms with Crippen molar-refractivity contribution in [3.05, 3.63) is 151 Å². The van der Waals surface area contributed by atoms with Crippen LogP contribution >= 0.6 is 0 Å². The second-order valence-corrected chi connectivity index (χ2v) is 9.17. The van der Waals surface area contributed by atoms with Gasteiger partial charge in [0.25, 0.3) is 0 Å². The van der Waals surface area contributed by atoms with Crippen LogP contribution < -0.4 is 0 Å². The quantitative estimate of drug-likeness (QED) is 0.100. The maximum Gasteiger partial charge on any atom is 0.187 e. The lowest BCUT2D eigenvalue weighted by atomic mass is 9.98. The summed E-state index contributed by atoms with van der Waals surface area (Å²) >= 11 is 0. The lowest BCUT2D eigenvalue weighted by Gasteiger charge is -2.08. The fourth-order valence-corrected chi connectivity index (χ4v) is 4.21. The first kappa shape index (κ1) is 31.7. The molecule has 0 unspecified atom stereocenters. The lowest BCUT2D eigenvalue weighted by Crippen LogP contribution is -1.87. The highest BCUT2D eigenvalue weighted by Gasteiger charge is 2.04. The van der Waals surface area contributed by atoms with Crippen LogP contribution in [0.25, 0.3) is 52.8 Å². The van der Waals surface area contributed by atoms with E-state index in [2.05, 4.69) is 73.9 Å². The second kappa shape index (κ2) is 17.1. The highest BCUT2D eigenvalue weighted by Crippen LogP contribution is 2.27. The average Bonchev–Trinajstić information content (AvgIpc) is 3.00. The van der Waals surface area contributed by atoms with Crippen LogP contribution in [-0.4, -0.2) is 7.05 Å². The molecule has 0 saturated carbocycles. The molecule has 0 spiro atoms. The predicted octanol–water partition coefficient (Wildman–Crippen LogP) is 11.1. The Labute approximate surface area is 241 Å². The highest BCUT2D eigenvalue weighted by molar-refractivity contribution is 5.70. The number of azide groups is 2. The summed E-state index contributed by atoms with van der Waals surface area (Å²) in [5.41, 5.74) is 26.1. The first-order valence-electron chi connectivity index (χ1n) is 13.0. The second-order valence-electron chi connectivity index (χ2n) is 9.17.